The number of aromatic nitrogens is 1. The highest BCUT2D eigenvalue weighted by molar-refractivity contribution is 6.31. The van der Waals surface area contributed by atoms with Crippen molar-refractivity contribution in [3.05, 3.63) is 58.9 Å². The Morgan fingerprint density at radius 3 is 2.51 bits per heavy atom. The molecule has 2 N–H and O–H groups in total. The lowest BCUT2D eigenvalue weighted by molar-refractivity contribution is -0.930. The number of likely N-dealkylation sites (tertiary alicyclic amines) is 1. The maximum absolute atomic E-state index is 14.3. The summed E-state index contributed by atoms with van der Waals surface area (Å²) in [6.07, 6.45) is 3.88. The van der Waals surface area contributed by atoms with Gasteiger partial charge in [-0.25, -0.2) is 9.59 Å². The average molecular weight is 529 g/mol. The van der Waals surface area contributed by atoms with E-state index in [4.69, 9.17) is 16.3 Å². The number of hydrogen-bond donors (Lipinski definition) is 2. The lowest BCUT2D eigenvalue weighted by atomic mass is 9.88. The number of ketones is 1. The molecule has 0 saturated carbocycles. The Hall–Kier alpha value is -3.50. The minimum atomic E-state index is -1.90. The van der Waals surface area contributed by atoms with Gasteiger partial charge in [0.2, 0.25) is 0 Å². The number of fused-ring (bicyclic) bond motifs is 1. The van der Waals surface area contributed by atoms with Crippen molar-refractivity contribution in [2.45, 2.75) is 57.8 Å². The van der Waals surface area contributed by atoms with Crippen molar-refractivity contribution in [1.82, 2.24) is 15.3 Å². The van der Waals surface area contributed by atoms with Crippen molar-refractivity contribution >= 4 is 41.5 Å². The van der Waals surface area contributed by atoms with Crippen molar-refractivity contribution in [3.8, 4) is 0 Å². The van der Waals surface area contributed by atoms with E-state index >= 15 is 0 Å². The van der Waals surface area contributed by atoms with Crippen LogP contribution in [0.3, 0.4) is 0 Å². The standard InChI is InChI=1S/C26H30ClN5O5/c1-25(2,3)37-24(36)30-32(17-33,16-18-8-10-28-11-9-18)26(23(35)31-12-4-5-13-31)15-22(34)20-7-6-19(27)14-21(20)29-26/h6-11,14,17H,4-5,12-13,15-16H2,1-3H3,(H-,29,30,34,36)/p+1. The minimum absolute atomic E-state index is 0.152. The van der Waals surface area contributed by atoms with Gasteiger partial charge in [0.15, 0.2) is 5.78 Å². The number of quaternary nitrogens is 1. The van der Waals surface area contributed by atoms with Crippen LogP contribution in [0.15, 0.2) is 42.7 Å². The van der Waals surface area contributed by atoms with Crippen LogP contribution in [0, 0.1) is 0 Å². The van der Waals surface area contributed by atoms with E-state index in [0.29, 0.717) is 41.3 Å². The molecule has 10 nitrogen and oxygen atoms in total. The van der Waals surface area contributed by atoms with E-state index in [2.05, 4.69) is 15.7 Å². The monoisotopic (exact) mass is 528 g/mol. The molecule has 2 aliphatic rings. The lowest BCUT2D eigenvalue weighted by Gasteiger charge is -2.49. The molecule has 4 rings (SSSR count). The SMILES string of the molecule is CC(C)(C)OC(=O)N[N+](C=O)(Cc1ccncc1)C1(C(=O)N2CCCC2)CC(=O)c2ccc(Cl)cc2N1. The van der Waals surface area contributed by atoms with Gasteiger partial charge in [0.1, 0.15) is 12.1 Å². The van der Waals surface area contributed by atoms with Crippen molar-refractivity contribution in [2.24, 2.45) is 0 Å². The summed E-state index contributed by atoms with van der Waals surface area (Å²) >= 11 is 6.24. The molecule has 1 fully saturated rings. The van der Waals surface area contributed by atoms with Crippen LogP contribution in [0.2, 0.25) is 5.02 Å². The van der Waals surface area contributed by atoms with Crippen LogP contribution in [0.4, 0.5) is 10.5 Å². The third-order valence-electron chi connectivity index (χ3n) is 6.52. The molecular weight excluding hydrogens is 498 g/mol. The number of nitrogens with one attached hydrogen (secondary N) is 2. The first-order chi connectivity index (χ1) is 17.5. The van der Waals surface area contributed by atoms with Crippen molar-refractivity contribution in [1.29, 1.82) is 0 Å². The Balaban J connectivity index is 1.92. The van der Waals surface area contributed by atoms with Crippen LogP contribution in [-0.2, 0) is 20.9 Å². The topological polar surface area (TPSA) is 118 Å². The fourth-order valence-corrected chi connectivity index (χ4v) is 5.02. The zero-order valence-electron chi connectivity index (χ0n) is 21.1. The summed E-state index contributed by atoms with van der Waals surface area (Å²) in [5, 5.41) is 3.55. The predicted octanol–water partition coefficient (Wildman–Crippen LogP) is 3.67. The Bertz CT molecular complexity index is 1210. The summed E-state index contributed by atoms with van der Waals surface area (Å²) < 4.78 is 4.53. The molecular formula is C26H31ClN5O5+. The van der Waals surface area contributed by atoms with Gasteiger partial charge >= 0.3 is 18.4 Å². The zero-order valence-corrected chi connectivity index (χ0v) is 21.9. The molecule has 11 heteroatoms. The molecule has 0 radical (unpaired) electrons. The van der Waals surface area contributed by atoms with Gasteiger partial charge in [-0.3, -0.25) is 14.6 Å². The maximum Gasteiger partial charge on any atom is 0.452 e. The summed E-state index contributed by atoms with van der Waals surface area (Å²) in [5.41, 5.74) is 1.15. The molecule has 2 aliphatic heterocycles. The number of anilines is 1. The highest BCUT2D eigenvalue weighted by Gasteiger charge is 2.64. The average Bonchev–Trinajstić information content (AvgIpc) is 3.37. The summed E-state index contributed by atoms with van der Waals surface area (Å²) in [6.45, 7) is 5.87. The van der Waals surface area contributed by atoms with Gasteiger partial charge in [0.25, 0.3) is 5.66 Å². The van der Waals surface area contributed by atoms with E-state index in [1.54, 1.807) is 68.4 Å². The number of carbonyl (C=O) groups excluding carboxylic acids is 4. The van der Waals surface area contributed by atoms with E-state index in [-0.39, 0.29) is 18.7 Å². The Labute approximate surface area is 220 Å². The van der Waals surface area contributed by atoms with E-state index < -0.39 is 27.9 Å². The van der Waals surface area contributed by atoms with E-state index in [9.17, 15) is 19.2 Å². The lowest BCUT2D eigenvalue weighted by Crippen LogP contribution is -2.79. The van der Waals surface area contributed by atoms with Gasteiger partial charge in [0.05, 0.1) is 12.1 Å². The first-order valence-corrected chi connectivity index (χ1v) is 12.5. The first-order valence-electron chi connectivity index (χ1n) is 12.1. The summed E-state index contributed by atoms with van der Waals surface area (Å²) in [5.74, 6) is -0.829. The Kier molecular flexibility index (Phi) is 7.25. The number of amides is 3. The molecule has 37 heavy (non-hydrogen) atoms. The summed E-state index contributed by atoms with van der Waals surface area (Å²) in [4.78, 5) is 59.8. The van der Waals surface area contributed by atoms with Gasteiger partial charge in [-0.1, -0.05) is 11.6 Å². The summed E-state index contributed by atoms with van der Waals surface area (Å²) in [6, 6.07) is 8.07. The molecule has 0 aliphatic carbocycles. The molecule has 1 aromatic heterocycles. The van der Waals surface area contributed by atoms with Gasteiger partial charge in [0, 0.05) is 41.6 Å². The van der Waals surface area contributed by atoms with Crippen molar-refractivity contribution < 1.29 is 28.5 Å². The highest BCUT2D eigenvalue weighted by atomic mass is 35.5. The van der Waals surface area contributed by atoms with Gasteiger partial charge in [-0.05, 0) is 63.9 Å². The maximum atomic E-state index is 14.3. The van der Waals surface area contributed by atoms with Crippen LogP contribution in [0.5, 0.6) is 0 Å². The minimum Gasteiger partial charge on any atom is -0.441 e. The number of rotatable bonds is 6. The number of benzene rings is 1. The van der Waals surface area contributed by atoms with Crippen molar-refractivity contribution in [2.75, 3.05) is 18.4 Å². The molecule has 3 amide bonds. The second-order valence-electron chi connectivity index (χ2n) is 10.4. The number of ether oxygens (including phenoxy) is 1. The molecule has 2 unspecified atom stereocenters. The second-order valence-corrected chi connectivity index (χ2v) is 10.8. The number of nitrogens with zero attached hydrogens (tertiary/aromatic N) is 3. The normalized spacial score (nSPS) is 20.9. The number of Topliss-reactive ketones (excluding diaryl/α,β-unsaturated/α-hetero) is 1. The molecule has 2 atom stereocenters. The van der Waals surface area contributed by atoms with Gasteiger partial charge in [-0.2, -0.15) is 5.43 Å². The molecule has 1 aromatic carbocycles. The largest absolute Gasteiger partial charge is 0.452 e. The second kappa shape index (κ2) is 10.1. The molecule has 0 bridgehead atoms. The van der Waals surface area contributed by atoms with Crippen LogP contribution in [0.1, 0.15) is 56.0 Å². The number of hydrogen-bond acceptors (Lipinski definition) is 7. The zero-order chi connectivity index (χ0) is 26.8. The molecule has 3 heterocycles. The smallest absolute Gasteiger partial charge is 0.441 e. The third-order valence-corrected chi connectivity index (χ3v) is 6.75. The predicted molar refractivity (Wildman–Crippen MR) is 136 cm³/mol. The summed E-state index contributed by atoms with van der Waals surface area (Å²) in [7, 11) is 0. The highest BCUT2D eigenvalue weighted by Crippen LogP contribution is 2.40. The third kappa shape index (κ3) is 5.30. The Morgan fingerprint density at radius 1 is 1.22 bits per heavy atom. The molecule has 2 aromatic rings. The number of halogens is 1. The molecule has 0 spiro atoms. The van der Waals surface area contributed by atoms with E-state index in [0.717, 1.165) is 12.8 Å². The fourth-order valence-electron chi connectivity index (χ4n) is 4.84. The van der Waals surface area contributed by atoms with Gasteiger partial charge in [-0.15, -0.1) is 4.59 Å². The first kappa shape index (κ1) is 26.6. The Morgan fingerprint density at radius 2 is 1.89 bits per heavy atom. The number of carbonyl (C=O) groups is 4. The van der Waals surface area contributed by atoms with Crippen LogP contribution >= 0.6 is 11.6 Å². The van der Waals surface area contributed by atoms with Crippen LogP contribution in [0.25, 0.3) is 0 Å². The van der Waals surface area contributed by atoms with E-state index in [1.807, 2.05) is 0 Å². The van der Waals surface area contributed by atoms with Crippen LogP contribution in [-0.4, -0.2) is 63.0 Å². The number of pyridine rings is 1. The molecule has 196 valence electrons. The van der Waals surface area contributed by atoms with Gasteiger partial charge < -0.3 is 15.0 Å². The quantitative estimate of drug-likeness (QED) is 0.334. The van der Waals surface area contributed by atoms with E-state index in [1.165, 1.54) is 0 Å². The van der Waals surface area contributed by atoms with Crippen LogP contribution < -0.4 is 10.7 Å². The molecule has 1 saturated heterocycles. The fraction of sp³-hybridized carbons (Fsp3) is 0.423. The van der Waals surface area contributed by atoms with Crippen molar-refractivity contribution in [3.63, 3.8) is 0 Å².